The van der Waals surface area contributed by atoms with Crippen molar-refractivity contribution in [3.05, 3.63) is 16.1 Å². The Bertz CT molecular complexity index is 288. The molecule has 0 spiro atoms. The second kappa shape index (κ2) is 7.76. The molecule has 3 nitrogen and oxygen atoms in total. The molecule has 0 fully saturated rings. The fourth-order valence-corrected chi connectivity index (χ4v) is 2.16. The van der Waals surface area contributed by atoms with Gasteiger partial charge in [0.25, 0.3) is 0 Å². The molecule has 0 bridgehead atoms. The quantitative estimate of drug-likeness (QED) is 0.712. The van der Waals surface area contributed by atoms with E-state index >= 15 is 0 Å². The van der Waals surface area contributed by atoms with E-state index in [1.165, 1.54) is 11.3 Å². The van der Waals surface area contributed by atoms with Crippen LogP contribution < -0.4 is 5.32 Å². The number of aryl methyl sites for hydroxylation is 1. The maximum Gasteiger partial charge on any atom is 0.109 e. The summed E-state index contributed by atoms with van der Waals surface area (Å²) in [4.78, 5) is 5.63. The van der Waals surface area contributed by atoms with Crippen molar-refractivity contribution < 1.29 is 4.74 Å². The summed E-state index contributed by atoms with van der Waals surface area (Å²) in [5.41, 5.74) is 0. The van der Waals surface area contributed by atoms with Gasteiger partial charge in [0.2, 0.25) is 0 Å². The highest BCUT2D eigenvalue weighted by Crippen LogP contribution is 2.18. The van der Waals surface area contributed by atoms with E-state index in [0.717, 1.165) is 31.2 Å². The van der Waals surface area contributed by atoms with Crippen LogP contribution in [0.1, 0.15) is 42.6 Å². The number of nitrogens with zero attached hydrogens (tertiary/aromatic N) is 1. The summed E-state index contributed by atoms with van der Waals surface area (Å²) in [6.07, 6.45) is 4.28. The third-order valence-corrected chi connectivity index (χ3v) is 3.44. The molecule has 0 aliphatic carbocycles. The second-order valence-corrected chi connectivity index (χ2v) is 5.22. The third kappa shape index (κ3) is 5.05. The standard InChI is InChI=1S/C12H22N2OS/c1-4-5-7-15-8-6-13-11(3)12-14-9-10(2)16-12/h9,11,13H,4-8H2,1-3H3. The Morgan fingerprint density at radius 1 is 1.50 bits per heavy atom. The van der Waals surface area contributed by atoms with Gasteiger partial charge in [-0.25, -0.2) is 4.98 Å². The lowest BCUT2D eigenvalue weighted by Gasteiger charge is -2.11. The summed E-state index contributed by atoms with van der Waals surface area (Å²) in [6, 6.07) is 0.327. The second-order valence-electron chi connectivity index (χ2n) is 3.95. The lowest BCUT2D eigenvalue weighted by atomic mass is 10.3. The zero-order valence-corrected chi connectivity index (χ0v) is 11.3. The molecule has 1 rings (SSSR count). The maximum atomic E-state index is 5.49. The first-order valence-corrected chi connectivity index (χ1v) is 6.79. The van der Waals surface area contributed by atoms with Crippen molar-refractivity contribution in [3.63, 3.8) is 0 Å². The molecular weight excluding hydrogens is 220 g/mol. The minimum absolute atomic E-state index is 0.327. The largest absolute Gasteiger partial charge is 0.380 e. The van der Waals surface area contributed by atoms with Crippen LogP contribution >= 0.6 is 11.3 Å². The summed E-state index contributed by atoms with van der Waals surface area (Å²) >= 11 is 1.75. The van der Waals surface area contributed by atoms with Crippen molar-refractivity contribution in [1.82, 2.24) is 10.3 Å². The van der Waals surface area contributed by atoms with Gasteiger partial charge in [-0.3, -0.25) is 0 Å². The molecule has 0 aromatic carbocycles. The molecule has 1 aromatic rings. The van der Waals surface area contributed by atoms with Gasteiger partial charge < -0.3 is 10.1 Å². The van der Waals surface area contributed by atoms with Crippen molar-refractivity contribution in [1.29, 1.82) is 0 Å². The number of aromatic nitrogens is 1. The molecule has 1 unspecified atom stereocenters. The summed E-state index contributed by atoms with van der Waals surface area (Å²) < 4.78 is 5.49. The van der Waals surface area contributed by atoms with Crippen LogP contribution in [0.2, 0.25) is 0 Å². The van der Waals surface area contributed by atoms with E-state index in [9.17, 15) is 0 Å². The number of nitrogens with one attached hydrogen (secondary N) is 1. The highest BCUT2D eigenvalue weighted by molar-refractivity contribution is 7.11. The minimum Gasteiger partial charge on any atom is -0.380 e. The van der Waals surface area contributed by atoms with Crippen LogP contribution in [0.5, 0.6) is 0 Å². The van der Waals surface area contributed by atoms with E-state index in [2.05, 4.69) is 31.1 Å². The van der Waals surface area contributed by atoms with Crippen molar-refractivity contribution in [2.24, 2.45) is 0 Å². The number of thiazole rings is 1. The number of ether oxygens (including phenoxy) is 1. The van der Waals surface area contributed by atoms with Gasteiger partial charge in [-0.2, -0.15) is 0 Å². The van der Waals surface area contributed by atoms with E-state index in [4.69, 9.17) is 4.74 Å². The molecule has 16 heavy (non-hydrogen) atoms. The molecule has 1 atom stereocenters. The van der Waals surface area contributed by atoms with Gasteiger partial charge in [0.05, 0.1) is 12.6 Å². The van der Waals surface area contributed by atoms with Gasteiger partial charge in [-0.15, -0.1) is 11.3 Å². The molecule has 0 aliphatic rings. The Morgan fingerprint density at radius 3 is 2.94 bits per heavy atom. The predicted molar refractivity (Wildman–Crippen MR) is 69.0 cm³/mol. The molecule has 0 aliphatic heterocycles. The molecular formula is C12H22N2OS. The molecule has 1 aromatic heterocycles. The van der Waals surface area contributed by atoms with Crippen molar-refractivity contribution >= 4 is 11.3 Å². The van der Waals surface area contributed by atoms with E-state index in [0.29, 0.717) is 6.04 Å². The fourth-order valence-electron chi connectivity index (χ4n) is 1.36. The molecule has 0 radical (unpaired) electrons. The summed E-state index contributed by atoms with van der Waals surface area (Å²) in [7, 11) is 0. The van der Waals surface area contributed by atoms with Crippen molar-refractivity contribution in [3.8, 4) is 0 Å². The number of hydrogen-bond donors (Lipinski definition) is 1. The first kappa shape index (κ1) is 13.6. The van der Waals surface area contributed by atoms with E-state index in [-0.39, 0.29) is 0 Å². The van der Waals surface area contributed by atoms with Crippen LogP contribution in [0, 0.1) is 6.92 Å². The summed E-state index contributed by atoms with van der Waals surface area (Å²) in [5.74, 6) is 0. The van der Waals surface area contributed by atoms with Gasteiger partial charge in [-0.05, 0) is 20.3 Å². The number of rotatable bonds is 8. The lowest BCUT2D eigenvalue weighted by molar-refractivity contribution is 0.131. The minimum atomic E-state index is 0.327. The topological polar surface area (TPSA) is 34.1 Å². The van der Waals surface area contributed by atoms with Crippen LogP contribution in [0.3, 0.4) is 0 Å². The van der Waals surface area contributed by atoms with Crippen LogP contribution in [0.25, 0.3) is 0 Å². The Balaban J connectivity index is 2.09. The van der Waals surface area contributed by atoms with Crippen molar-refractivity contribution in [2.75, 3.05) is 19.8 Å². The van der Waals surface area contributed by atoms with Crippen LogP contribution in [-0.2, 0) is 4.74 Å². The number of unbranched alkanes of at least 4 members (excludes halogenated alkanes) is 1. The lowest BCUT2D eigenvalue weighted by Crippen LogP contribution is -2.23. The summed E-state index contributed by atoms with van der Waals surface area (Å²) in [5, 5.41) is 4.57. The Hall–Kier alpha value is -0.450. The van der Waals surface area contributed by atoms with E-state index in [1.807, 2.05) is 6.20 Å². The molecule has 1 N–H and O–H groups in total. The highest BCUT2D eigenvalue weighted by atomic mass is 32.1. The average Bonchev–Trinajstić information content (AvgIpc) is 2.70. The molecule has 1 heterocycles. The molecule has 0 amide bonds. The Kier molecular flexibility index (Phi) is 6.61. The van der Waals surface area contributed by atoms with E-state index < -0.39 is 0 Å². The zero-order valence-electron chi connectivity index (χ0n) is 10.5. The van der Waals surface area contributed by atoms with Gasteiger partial charge in [0.1, 0.15) is 5.01 Å². The van der Waals surface area contributed by atoms with E-state index in [1.54, 1.807) is 11.3 Å². The molecule has 92 valence electrons. The number of hydrogen-bond acceptors (Lipinski definition) is 4. The molecule has 0 saturated heterocycles. The van der Waals surface area contributed by atoms with Crippen LogP contribution in [0.4, 0.5) is 0 Å². The van der Waals surface area contributed by atoms with Gasteiger partial charge in [0.15, 0.2) is 0 Å². The Morgan fingerprint density at radius 2 is 2.31 bits per heavy atom. The van der Waals surface area contributed by atoms with Gasteiger partial charge >= 0.3 is 0 Å². The first-order valence-electron chi connectivity index (χ1n) is 5.97. The summed E-state index contributed by atoms with van der Waals surface area (Å²) in [6.45, 7) is 8.96. The molecule has 4 heteroatoms. The predicted octanol–water partition coefficient (Wildman–Crippen LogP) is 2.92. The zero-order chi connectivity index (χ0) is 11.8. The van der Waals surface area contributed by atoms with Crippen molar-refractivity contribution in [2.45, 2.75) is 39.7 Å². The smallest absolute Gasteiger partial charge is 0.109 e. The van der Waals surface area contributed by atoms with Gasteiger partial charge in [-0.1, -0.05) is 13.3 Å². The van der Waals surface area contributed by atoms with Crippen LogP contribution in [0.15, 0.2) is 6.20 Å². The van der Waals surface area contributed by atoms with Gasteiger partial charge in [0, 0.05) is 24.2 Å². The first-order chi connectivity index (χ1) is 7.74. The average molecular weight is 242 g/mol. The SMILES string of the molecule is CCCCOCCNC(C)c1ncc(C)s1. The fraction of sp³-hybridized carbons (Fsp3) is 0.750. The monoisotopic (exact) mass is 242 g/mol. The Labute approximate surface area is 102 Å². The van der Waals surface area contributed by atoms with Crippen LogP contribution in [-0.4, -0.2) is 24.7 Å². The maximum absolute atomic E-state index is 5.49. The highest BCUT2D eigenvalue weighted by Gasteiger charge is 2.07. The molecule has 0 saturated carbocycles. The normalized spacial score (nSPS) is 12.9. The third-order valence-electron chi connectivity index (χ3n) is 2.35.